The maximum absolute atomic E-state index is 13.2. The van der Waals surface area contributed by atoms with Gasteiger partial charge in [0.1, 0.15) is 6.61 Å². The number of carbonyl (C=O) groups is 1. The fourth-order valence-corrected chi connectivity index (χ4v) is 3.98. The summed E-state index contributed by atoms with van der Waals surface area (Å²) in [7, 11) is 3.11. The van der Waals surface area contributed by atoms with E-state index in [0.29, 0.717) is 33.7 Å². The zero-order valence-electron chi connectivity index (χ0n) is 19.7. The average Bonchev–Trinajstić information content (AvgIpc) is 3.50. The normalized spacial score (nSPS) is 10.9. The Bertz CT molecular complexity index is 1580. The van der Waals surface area contributed by atoms with Crippen LogP contribution in [0.15, 0.2) is 88.2 Å². The third kappa shape index (κ3) is 4.34. The number of benzene rings is 3. The molecule has 0 fully saturated rings. The van der Waals surface area contributed by atoms with Crippen molar-refractivity contribution in [3.05, 3.63) is 95.2 Å². The quantitative estimate of drug-likeness (QED) is 0.302. The first-order valence-electron chi connectivity index (χ1n) is 11.2. The molecule has 5 rings (SSSR count). The van der Waals surface area contributed by atoms with Crippen molar-refractivity contribution in [1.82, 2.24) is 14.3 Å². The molecule has 0 amide bonds. The summed E-state index contributed by atoms with van der Waals surface area (Å²) in [5, 5.41) is 4.52. The fraction of sp³-hybridized carbons (Fsp3) is 0.148. The molecule has 0 aliphatic heterocycles. The highest BCUT2D eigenvalue weighted by molar-refractivity contribution is 5.95. The molecular formula is C27H23N3O6. The van der Waals surface area contributed by atoms with Crippen molar-refractivity contribution >= 4 is 17.1 Å². The minimum Gasteiger partial charge on any atom is -0.493 e. The van der Waals surface area contributed by atoms with Crippen molar-refractivity contribution in [2.24, 2.45) is 0 Å². The Balaban J connectivity index is 1.45. The van der Waals surface area contributed by atoms with Crippen molar-refractivity contribution in [2.75, 3.05) is 20.8 Å². The van der Waals surface area contributed by atoms with E-state index in [2.05, 4.69) is 5.10 Å². The number of para-hydroxylation sites is 3. The first-order chi connectivity index (χ1) is 17.6. The number of carbonyl (C=O) groups excluding carboxylic acids is 1. The zero-order valence-corrected chi connectivity index (χ0v) is 19.7. The number of aromatic nitrogens is 3. The Kier molecular flexibility index (Phi) is 6.27. The van der Waals surface area contributed by atoms with Crippen LogP contribution in [-0.4, -0.2) is 41.1 Å². The highest BCUT2D eigenvalue weighted by atomic mass is 16.5. The Hall–Kier alpha value is -4.79. The van der Waals surface area contributed by atoms with Crippen LogP contribution in [0.3, 0.4) is 0 Å². The van der Waals surface area contributed by atoms with E-state index in [9.17, 15) is 9.59 Å². The van der Waals surface area contributed by atoms with Crippen LogP contribution >= 0.6 is 0 Å². The number of esters is 1. The van der Waals surface area contributed by atoms with Crippen LogP contribution in [0.1, 0.15) is 10.5 Å². The number of ether oxygens (including phenoxy) is 3. The van der Waals surface area contributed by atoms with Gasteiger partial charge in [0.05, 0.1) is 32.0 Å². The maximum Gasteiger partial charge on any atom is 0.420 e. The standard InChI is InChI=1S/C27H23N3O6/c1-33-23-13-12-18(16-24(23)34-2)20-17-30(19-8-4-3-5-9-19)28-25(20)26(31)35-15-14-29-21-10-6-7-11-22(21)36-27(29)32/h3-13,16-17H,14-15H2,1-2H3. The third-order valence-corrected chi connectivity index (χ3v) is 5.74. The molecule has 9 nitrogen and oxygen atoms in total. The molecule has 5 aromatic rings. The van der Waals surface area contributed by atoms with Gasteiger partial charge in [-0.2, -0.15) is 5.10 Å². The lowest BCUT2D eigenvalue weighted by molar-refractivity contribution is 0.0483. The van der Waals surface area contributed by atoms with Gasteiger partial charge in [0.25, 0.3) is 0 Å². The van der Waals surface area contributed by atoms with Crippen LogP contribution in [0.4, 0.5) is 0 Å². The van der Waals surface area contributed by atoms with Gasteiger partial charge >= 0.3 is 11.7 Å². The first kappa shape index (κ1) is 23.0. The summed E-state index contributed by atoms with van der Waals surface area (Å²) in [4.78, 5) is 25.4. The van der Waals surface area contributed by atoms with E-state index in [4.69, 9.17) is 18.6 Å². The van der Waals surface area contributed by atoms with E-state index >= 15 is 0 Å². The lowest BCUT2D eigenvalue weighted by Gasteiger charge is -2.10. The van der Waals surface area contributed by atoms with Gasteiger partial charge in [0, 0.05) is 11.8 Å². The van der Waals surface area contributed by atoms with Gasteiger partial charge in [-0.1, -0.05) is 36.4 Å². The van der Waals surface area contributed by atoms with Gasteiger partial charge in [-0.25, -0.2) is 14.3 Å². The third-order valence-electron chi connectivity index (χ3n) is 5.74. The van der Waals surface area contributed by atoms with E-state index in [1.54, 1.807) is 55.4 Å². The number of rotatable bonds is 8. The van der Waals surface area contributed by atoms with Gasteiger partial charge < -0.3 is 18.6 Å². The maximum atomic E-state index is 13.2. The SMILES string of the molecule is COc1ccc(-c2cn(-c3ccccc3)nc2C(=O)OCCn2c(=O)oc3ccccc32)cc1OC. The zero-order chi connectivity index (χ0) is 25.1. The van der Waals surface area contributed by atoms with E-state index < -0.39 is 11.7 Å². The second kappa shape index (κ2) is 9.83. The van der Waals surface area contributed by atoms with Gasteiger partial charge in [0.15, 0.2) is 22.8 Å². The minimum absolute atomic E-state index is 0.0359. The van der Waals surface area contributed by atoms with Gasteiger partial charge in [-0.3, -0.25) is 4.57 Å². The lowest BCUT2D eigenvalue weighted by atomic mass is 10.1. The van der Waals surface area contributed by atoms with Gasteiger partial charge in [0.2, 0.25) is 0 Å². The second-order valence-electron chi connectivity index (χ2n) is 7.86. The first-order valence-corrected chi connectivity index (χ1v) is 11.2. The van der Waals surface area contributed by atoms with Crippen LogP contribution in [-0.2, 0) is 11.3 Å². The number of oxazole rings is 1. The van der Waals surface area contributed by atoms with Crippen molar-refractivity contribution < 1.29 is 23.4 Å². The summed E-state index contributed by atoms with van der Waals surface area (Å²) in [6, 6.07) is 21.9. The summed E-state index contributed by atoms with van der Waals surface area (Å²) >= 11 is 0. The van der Waals surface area contributed by atoms with Crippen molar-refractivity contribution in [2.45, 2.75) is 6.54 Å². The molecule has 0 spiro atoms. The summed E-state index contributed by atoms with van der Waals surface area (Å²) < 4.78 is 24.6. The number of hydrogen-bond donors (Lipinski definition) is 0. The molecule has 182 valence electrons. The van der Waals surface area contributed by atoms with Gasteiger partial charge in [-0.15, -0.1) is 0 Å². The Morgan fingerprint density at radius 1 is 0.944 bits per heavy atom. The molecule has 0 saturated heterocycles. The molecule has 0 aliphatic carbocycles. The Morgan fingerprint density at radius 3 is 2.47 bits per heavy atom. The molecule has 0 unspecified atom stereocenters. The molecule has 0 atom stereocenters. The molecule has 2 heterocycles. The number of fused-ring (bicyclic) bond motifs is 1. The van der Waals surface area contributed by atoms with Crippen molar-refractivity contribution in [3.63, 3.8) is 0 Å². The minimum atomic E-state index is -0.615. The second-order valence-corrected chi connectivity index (χ2v) is 7.86. The molecule has 0 saturated carbocycles. The van der Waals surface area contributed by atoms with Crippen LogP contribution < -0.4 is 15.2 Å². The summed E-state index contributed by atoms with van der Waals surface area (Å²) in [5.74, 6) is -0.0338. The molecule has 36 heavy (non-hydrogen) atoms. The van der Waals surface area contributed by atoms with E-state index in [0.717, 1.165) is 5.69 Å². The van der Waals surface area contributed by atoms with Gasteiger partial charge in [-0.05, 0) is 42.0 Å². The topological polar surface area (TPSA) is 97.7 Å². The number of methoxy groups -OCH3 is 2. The summed E-state index contributed by atoms with van der Waals surface area (Å²) in [5.41, 5.74) is 3.31. The smallest absolute Gasteiger partial charge is 0.420 e. The monoisotopic (exact) mass is 485 g/mol. The predicted molar refractivity (Wildman–Crippen MR) is 133 cm³/mol. The van der Waals surface area contributed by atoms with Crippen LogP contribution in [0.2, 0.25) is 0 Å². The molecule has 0 N–H and O–H groups in total. The van der Waals surface area contributed by atoms with E-state index in [1.165, 1.54) is 4.57 Å². The fourth-order valence-electron chi connectivity index (χ4n) is 3.98. The molecule has 9 heteroatoms. The molecule has 0 bridgehead atoms. The van der Waals surface area contributed by atoms with Crippen molar-refractivity contribution in [3.8, 4) is 28.3 Å². The predicted octanol–water partition coefficient (Wildman–Crippen LogP) is 4.32. The molecule has 3 aromatic carbocycles. The lowest BCUT2D eigenvalue weighted by Crippen LogP contribution is -2.19. The molecule has 2 aromatic heterocycles. The van der Waals surface area contributed by atoms with Crippen LogP contribution in [0.5, 0.6) is 11.5 Å². The van der Waals surface area contributed by atoms with E-state index in [-0.39, 0.29) is 18.8 Å². The van der Waals surface area contributed by atoms with Crippen LogP contribution in [0, 0.1) is 0 Å². The van der Waals surface area contributed by atoms with E-state index in [1.807, 2.05) is 42.5 Å². The van der Waals surface area contributed by atoms with Crippen molar-refractivity contribution in [1.29, 1.82) is 0 Å². The van der Waals surface area contributed by atoms with Crippen LogP contribution in [0.25, 0.3) is 27.9 Å². The number of nitrogens with zero attached hydrogens (tertiary/aromatic N) is 3. The molecular weight excluding hydrogens is 462 g/mol. The molecule has 0 radical (unpaired) electrons. The summed E-state index contributed by atoms with van der Waals surface area (Å²) in [6.45, 7) is 0.110. The average molecular weight is 485 g/mol. The highest BCUT2D eigenvalue weighted by Gasteiger charge is 2.22. The summed E-state index contributed by atoms with van der Waals surface area (Å²) in [6.07, 6.45) is 1.77. The Morgan fingerprint density at radius 2 is 1.69 bits per heavy atom. The Labute approximate surface area is 206 Å². The molecule has 0 aliphatic rings. The largest absolute Gasteiger partial charge is 0.493 e. The number of hydrogen-bond acceptors (Lipinski definition) is 7. The highest BCUT2D eigenvalue weighted by Crippen LogP contribution is 2.34.